The Bertz CT molecular complexity index is 625. The number of amides is 2. The molecule has 6 nitrogen and oxygen atoms in total. The number of hydrogen-bond donors (Lipinski definition) is 1. The van der Waals surface area contributed by atoms with Gasteiger partial charge in [-0.05, 0) is 37.1 Å². The summed E-state index contributed by atoms with van der Waals surface area (Å²) in [4.78, 5) is 30.2. The highest BCUT2D eigenvalue weighted by Crippen LogP contribution is 2.21. The van der Waals surface area contributed by atoms with Crippen molar-refractivity contribution in [1.82, 2.24) is 9.88 Å². The Morgan fingerprint density at radius 3 is 2.95 bits per heavy atom. The number of carbonyl (C=O) groups is 2. The molecule has 2 aromatic rings. The van der Waals surface area contributed by atoms with E-state index in [-0.39, 0.29) is 17.6 Å². The van der Waals surface area contributed by atoms with Crippen molar-refractivity contribution >= 4 is 17.5 Å². The second kappa shape index (κ2) is 5.78. The maximum Gasteiger partial charge on any atom is 0.290 e. The van der Waals surface area contributed by atoms with Gasteiger partial charge in [-0.1, -0.05) is 0 Å². The SMILES string of the molecule is O=C(Nc1cccnc1)C1CCCN1C(=O)c1ccco1. The summed E-state index contributed by atoms with van der Waals surface area (Å²) in [6, 6.07) is 6.31. The van der Waals surface area contributed by atoms with Crippen molar-refractivity contribution in [2.45, 2.75) is 18.9 Å². The van der Waals surface area contributed by atoms with Gasteiger partial charge in [-0.15, -0.1) is 0 Å². The van der Waals surface area contributed by atoms with Gasteiger partial charge in [0, 0.05) is 12.7 Å². The fourth-order valence-corrected chi connectivity index (χ4v) is 2.49. The molecule has 1 atom stereocenters. The number of carbonyl (C=O) groups excluding carboxylic acids is 2. The Hall–Kier alpha value is -2.63. The van der Waals surface area contributed by atoms with Crippen molar-refractivity contribution in [2.24, 2.45) is 0 Å². The van der Waals surface area contributed by atoms with Gasteiger partial charge in [-0.2, -0.15) is 0 Å². The second-order valence-electron chi connectivity index (χ2n) is 4.86. The minimum absolute atomic E-state index is 0.194. The van der Waals surface area contributed by atoms with Crippen molar-refractivity contribution in [1.29, 1.82) is 0 Å². The molecule has 0 aliphatic carbocycles. The summed E-state index contributed by atoms with van der Waals surface area (Å²) in [6.07, 6.45) is 6.12. The monoisotopic (exact) mass is 285 g/mol. The molecule has 1 saturated heterocycles. The molecule has 3 heterocycles. The number of aromatic nitrogens is 1. The molecule has 1 fully saturated rings. The molecular weight excluding hydrogens is 270 g/mol. The first-order valence-corrected chi connectivity index (χ1v) is 6.81. The molecule has 1 N–H and O–H groups in total. The van der Waals surface area contributed by atoms with Crippen molar-refractivity contribution < 1.29 is 14.0 Å². The van der Waals surface area contributed by atoms with E-state index in [4.69, 9.17) is 4.42 Å². The van der Waals surface area contributed by atoms with E-state index in [1.807, 2.05) is 0 Å². The number of nitrogens with one attached hydrogen (secondary N) is 1. The molecule has 0 saturated carbocycles. The van der Waals surface area contributed by atoms with E-state index >= 15 is 0 Å². The van der Waals surface area contributed by atoms with Gasteiger partial charge in [0.2, 0.25) is 5.91 Å². The Kier molecular flexibility index (Phi) is 3.68. The molecule has 1 aliphatic rings. The van der Waals surface area contributed by atoms with E-state index in [1.165, 1.54) is 6.26 Å². The Morgan fingerprint density at radius 1 is 1.33 bits per heavy atom. The molecule has 3 rings (SSSR count). The van der Waals surface area contributed by atoms with Crippen LogP contribution in [0.4, 0.5) is 5.69 Å². The molecule has 0 radical (unpaired) electrons. The quantitative estimate of drug-likeness (QED) is 0.934. The lowest BCUT2D eigenvalue weighted by Gasteiger charge is -2.22. The summed E-state index contributed by atoms with van der Waals surface area (Å²) in [5.74, 6) is -0.180. The van der Waals surface area contributed by atoms with Crippen molar-refractivity contribution in [3.8, 4) is 0 Å². The van der Waals surface area contributed by atoms with Crippen LogP contribution in [0.5, 0.6) is 0 Å². The molecule has 0 spiro atoms. The summed E-state index contributed by atoms with van der Waals surface area (Å²) in [5.41, 5.74) is 0.625. The molecule has 1 unspecified atom stereocenters. The summed E-state index contributed by atoms with van der Waals surface area (Å²) in [5, 5.41) is 2.79. The van der Waals surface area contributed by atoms with Crippen molar-refractivity contribution in [2.75, 3.05) is 11.9 Å². The fraction of sp³-hybridized carbons (Fsp3) is 0.267. The first-order valence-electron chi connectivity index (χ1n) is 6.81. The van der Waals surface area contributed by atoms with Gasteiger partial charge in [-0.3, -0.25) is 14.6 Å². The number of hydrogen-bond acceptors (Lipinski definition) is 4. The predicted molar refractivity (Wildman–Crippen MR) is 75.6 cm³/mol. The lowest BCUT2D eigenvalue weighted by atomic mass is 10.2. The minimum Gasteiger partial charge on any atom is -0.459 e. The zero-order valence-corrected chi connectivity index (χ0v) is 11.4. The van der Waals surface area contributed by atoms with Gasteiger partial charge in [0.15, 0.2) is 5.76 Å². The Labute approximate surface area is 121 Å². The third-order valence-electron chi connectivity index (χ3n) is 3.48. The van der Waals surface area contributed by atoms with Crippen LogP contribution < -0.4 is 5.32 Å². The molecule has 2 aromatic heterocycles. The molecule has 21 heavy (non-hydrogen) atoms. The largest absolute Gasteiger partial charge is 0.459 e. The van der Waals surface area contributed by atoms with Crippen LogP contribution in [-0.4, -0.2) is 34.3 Å². The Balaban J connectivity index is 1.72. The zero-order chi connectivity index (χ0) is 14.7. The molecule has 108 valence electrons. The van der Waals surface area contributed by atoms with E-state index < -0.39 is 6.04 Å². The summed E-state index contributed by atoms with van der Waals surface area (Å²) >= 11 is 0. The Morgan fingerprint density at radius 2 is 2.24 bits per heavy atom. The first-order chi connectivity index (χ1) is 10.3. The smallest absolute Gasteiger partial charge is 0.290 e. The number of pyridine rings is 1. The van der Waals surface area contributed by atoms with Crippen LogP contribution in [0.1, 0.15) is 23.4 Å². The van der Waals surface area contributed by atoms with Crippen LogP contribution in [0.25, 0.3) is 0 Å². The minimum atomic E-state index is -0.470. The summed E-state index contributed by atoms with van der Waals surface area (Å²) in [7, 11) is 0. The maximum atomic E-state index is 12.3. The normalized spacial score (nSPS) is 17.7. The third-order valence-corrected chi connectivity index (χ3v) is 3.48. The first kappa shape index (κ1) is 13.4. The number of anilines is 1. The van der Waals surface area contributed by atoms with Crippen LogP contribution in [0.15, 0.2) is 47.3 Å². The molecule has 0 bridgehead atoms. The van der Waals surface area contributed by atoms with Gasteiger partial charge < -0.3 is 14.6 Å². The number of rotatable bonds is 3. The second-order valence-corrected chi connectivity index (χ2v) is 4.86. The average Bonchev–Trinajstić information content (AvgIpc) is 3.19. The number of nitrogens with zero attached hydrogens (tertiary/aromatic N) is 2. The van der Waals surface area contributed by atoms with Gasteiger partial charge >= 0.3 is 0 Å². The van der Waals surface area contributed by atoms with Crippen LogP contribution in [0, 0.1) is 0 Å². The molecule has 0 aromatic carbocycles. The average molecular weight is 285 g/mol. The van der Waals surface area contributed by atoms with Crippen LogP contribution in [0.2, 0.25) is 0 Å². The highest BCUT2D eigenvalue weighted by atomic mass is 16.3. The van der Waals surface area contributed by atoms with E-state index in [1.54, 1.807) is 41.6 Å². The van der Waals surface area contributed by atoms with Crippen LogP contribution >= 0.6 is 0 Å². The van der Waals surface area contributed by atoms with Gasteiger partial charge in [0.05, 0.1) is 18.1 Å². The van der Waals surface area contributed by atoms with E-state index in [0.29, 0.717) is 18.7 Å². The lowest BCUT2D eigenvalue weighted by Crippen LogP contribution is -2.43. The van der Waals surface area contributed by atoms with Gasteiger partial charge in [-0.25, -0.2) is 0 Å². The lowest BCUT2D eigenvalue weighted by molar-refractivity contribution is -0.119. The van der Waals surface area contributed by atoms with E-state index in [9.17, 15) is 9.59 Å². The number of furan rings is 1. The van der Waals surface area contributed by atoms with Crippen LogP contribution in [0.3, 0.4) is 0 Å². The molecule has 6 heteroatoms. The molecule has 1 aliphatic heterocycles. The molecule has 2 amide bonds. The number of likely N-dealkylation sites (tertiary alicyclic amines) is 1. The predicted octanol–water partition coefficient (Wildman–Crippen LogP) is 1.92. The van der Waals surface area contributed by atoms with Gasteiger partial charge in [0.1, 0.15) is 6.04 Å². The van der Waals surface area contributed by atoms with Gasteiger partial charge in [0.25, 0.3) is 5.91 Å². The van der Waals surface area contributed by atoms with Crippen LogP contribution in [-0.2, 0) is 4.79 Å². The highest BCUT2D eigenvalue weighted by molar-refractivity contribution is 6.00. The van der Waals surface area contributed by atoms with Crippen molar-refractivity contribution in [3.63, 3.8) is 0 Å². The topological polar surface area (TPSA) is 75.4 Å². The fourth-order valence-electron chi connectivity index (χ4n) is 2.49. The maximum absolute atomic E-state index is 12.3. The third kappa shape index (κ3) is 2.79. The zero-order valence-electron chi connectivity index (χ0n) is 11.4. The highest BCUT2D eigenvalue weighted by Gasteiger charge is 2.35. The standard InChI is InChI=1S/C15H15N3O3/c19-14(17-11-4-1-7-16-10-11)12-5-2-8-18(12)15(20)13-6-3-9-21-13/h1,3-4,6-7,9-10,12H,2,5,8H2,(H,17,19). The molecular formula is C15H15N3O3. The van der Waals surface area contributed by atoms with E-state index in [2.05, 4.69) is 10.3 Å². The summed E-state index contributed by atoms with van der Waals surface area (Å²) in [6.45, 7) is 0.560. The summed E-state index contributed by atoms with van der Waals surface area (Å²) < 4.78 is 5.12. The van der Waals surface area contributed by atoms with Crippen molar-refractivity contribution in [3.05, 3.63) is 48.7 Å². The van der Waals surface area contributed by atoms with E-state index in [0.717, 1.165) is 6.42 Å².